The van der Waals surface area contributed by atoms with Crippen molar-refractivity contribution in [2.45, 2.75) is 32.2 Å². The van der Waals surface area contributed by atoms with E-state index in [9.17, 15) is 0 Å². The number of rotatable bonds is 3. The number of nitrogens with zero attached hydrogens (tertiary/aromatic N) is 4. The van der Waals surface area contributed by atoms with Gasteiger partial charge in [0.25, 0.3) is 0 Å². The second kappa shape index (κ2) is 4.57. The Morgan fingerprint density at radius 2 is 2.39 bits per heavy atom. The largest absolute Gasteiger partial charge is 0.309 e. The fourth-order valence-corrected chi connectivity index (χ4v) is 2.68. The lowest BCUT2D eigenvalue weighted by Crippen LogP contribution is -2.16. The molecule has 18 heavy (non-hydrogen) atoms. The second-order valence-electron chi connectivity index (χ2n) is 4.83. The Morgan fingerprint density at radius 3 is 3.11 bits per heavy atom. The molecule has 1 aliphatic rings. The van der Waals surface area contributed by atoms with Crippen LogP contribution in [0.15, 0.2) is 18.7 Å². The van der Waals surface area contributed by atoms with Crippen molar-refractivity contribution < 1.29 is 0 Å². The first kappa shape index (κ1) is 11.5. The average molecular weight is 245 g/mol. The van der Waals surface area contributed by atoms with E-state index in [1.54, 1.807) is 0 Å². The van der Waals surface area contributed by atoms with E-state index in [-0.39, 0.29) is 0 Å². The summed E-state index contributed by atoms with van der Waals surface area (Å²) in [5.74, 6) is 0. The average Bonchev–Trinajstić information content (AvgIpc) is 3.07. The SMILES string of the molecule is CCc1nn(C)cc1-n1cncc1C1CCCN1. The van der Waals surface area contributed by atoms with E-state index in [2.05, 4.69) is 33.1 Å². The molecule has 5 heteroatoms. The van der Waals surface area contributed by atoms with Crippen LogP contribution in [0.2, 0.25) is 0 Å². The number of aryl methyl sites for hydroxylation is 2. The summed E-state index contributed by atoms with van der Waals surface area (Å²) in [7, 11) is 1.97. The van der Waals surface area contributed by atoms with E-state index in [0.29, 0.717) is 6.04 Å². The van der Waals surface area contributed by atoms with E-state index in [0.717, 1.165) is 24.3 Å². The van der Waals surface area contributed by atoms with Gasteiger partial charge in [0.15, 0.2) is 0 Å². The molecule has 96 valence electrons. The van der Waals surface area contributed by atoms with Crippen molar-refractivity contribution in [3.63, 3.8) is 0 Å². The Kier molecular flexibility index (Phi) is 2.91. The quantitative estimate of drug-likeness (QED) is 0.893. The van der Waals surface area contributed by atoms with Gasteiger partial charge in [0.05, 0.1) is 29.6 Å². The molecule has 0 saturated carbocycles. The van der Waals surface area contributed by atoms with Crippen molar-refractivity contribution in [2.75, 3.05) is 6.54 Å². The van der Waals surface area contributed by atoms with Gasteiger partial charge >= 0.3 is 0 Å². The highest BCUT2D eigenvalue weighted by Gasteiger charge is 2.21. The summed E-state index contributed by atoms with van der Waals surface area (Å²) in [6.45, 7) is 3.24. The minimum absolute atomic E-state index is 0.428. The molecule has 1 fully saturated rings. The maximum atomic E-state index is 4.50. The summed E-state index contributed by atoms with van der Waals surface area (Å²) in [6, 6.07) is 0.428. The van der Waals surface area contributed by atoms with Gasteiger partial charge in [-0.05, 0) is 25.8 Å². The molecule has 3 rings (SSSR count). The highest BCUT2D eigenvalue weighted by Crippen LogP contribution is 2.26. The van der Waals surface area contributed by atoms with Gasteiger partial charge in [0.2, 0.25) is 0 Å². The number of hydrogen-bond acceptors (Lipinski definition) is 3. The maximum absolute atomic E-state index is 4.50. The molecule has 1 saturated heterocycles. The summed E-state index contributed by atoms with van der Waals surface area (Å²) in [5.41, 5.74) is 3.52. The van der Waals surface area contributed by atoms with E-state index >= 15 is 0 Å². The number of nitrogens with one attached hydrogen (secondary N) is 1. The van der Waals surface area contributed by atoms with E-state index < -0.39 is 0 Å². The predicted octanol–water partition coefficient (Wildman–Crippen LogP) is 1.59. The molecule has 0 radical (unpaired) electrons. The molecule has 1 N–H and O–H groups in total. The second-order valence-corrected chi connectivity index (χ2v) is 4.83. The smallest absolute Gasteiger partial charge is 0.0995 e. The summed E-state index contributed by atoms with van der Waals surface area (Å²) in [6.07, 6.45) is 9.29. The molecular formula is C13H19N5. The first-order chi connectivity index (χ1) is 8.79. The van der Waals surface area contributed by atoms with Crippen LogP contribution in [0.4, 0.5) is 0 Å². The van der Waals surface area contributed by atoms with Gasteiger partial charge in [-0.15, -0.1) is 0 Å². The minimum Gasteiger partial charge on any atom is -0.309 e. The molecule has 1 unspecified atom stereocenters. The zero-order valence-electron chi connectivity index (χ0n) is 10.9. The van der Waals surface area contributed by atoms with Crippen LogP contribution < -0.4 is 5.32 Å². The van der Waals surface area contributed by atoms with Gasteiger partial charge in [-0.2, -0.15) is 5.10 Å². The van der Waals surface area contributed by atoms with E-state index in [1.807, 2.05) is 24.3 Å². The van der Waals surface area contributed by atoms with Crippen molar-refractivity contribution in [2.24, 2.45) is 7.05 Å². The van der Waals surface area contributed by atoms with Crippen molar-refractivity contribution in [1.29, 1.82) is 0 Å². The highest BCUT2D eigenvalue weighted by atomic mass is 15.3. The molecule has 2 aromatic rings. The molecule has 2 aromatic heterocycles. The van der Waals surface area contributed by atoms with Crippen LogP contribution in [-0.2, 0) is 13.5 Å². The molecule has 1 atom stereocenters. The Morgan fingerprint density at radius 1 is 1.50 bits per heavy atom. The fourth-order valence-electron chi connectivity index (χ4n) is 2.68. The molecule has 0 aliphatic carbocycles. The standard InChI is InChI=1S/C13H19N5/c1-3-10-13(8-17(2)16-10)18-9-14-7-12(18)11-5-4-6-15-11/h7-9,11,15H,3-6H2,1-2H3. The fraction of sp³-hybridized carbons (Fsp3) is 0.538. The van der Waals surface area contributed by atoms with Gasteiger partial charge in [-0.1, -0.05) is 6.92 Å². The van der Waals surface area contributed by atoms with Crippen LogP contribution in [0.25, 0.3) is 5.69 Å². The van der Waals surface area contributed by atoms with Gasteiger partial charge in [0, 0.05) is 19.3 Å². The molecule has 5 nitrogen and oxygen atoms in total. The minimum atomic E-state index is 0.428. The monoisotopic (exact) mass is 245 g/mol. The Balaban J connectivity index is 2.03. The highest BCUT2D eigenvalue weighted by molar-refractivity contribution is 5.37. The zero-order chi connectivity index (χ0) is 12.5. The predicted molar refractivity (Wildman–Crippen MR) is 69.7 cm³/mol. The Labute approximate surface area is 107 Å². The third-order valence-corrected chi connectivity index (χ3v) is 3.56. The van der Waals surface area contributed by atoms with Crippen molar-refractivity contribution in [3.05, 3.63) is 30.1 Å². The maximum Gasteiger partial charge on any atom is 0.0995 e. The lowest BCUT2D eigenvalue weighted by molar-refractivity contribution is 0.614. The first-order valence-corrected chi connectivity index (χ1v) is 6.58. The van der Waals surface area contributed by atoms with Crippen LogP contribution in [0.5, 0.6) is 0 Å². The van der Waals surface area contributed by atoms with Crippen LogP contribution in [0.3, 0.4) is 0 Å². The number of hydrogen-bond donors (Lipinski definition) is 1. The molecule has 0 bridgehead atoms. The molecule has 3 heterocycles. The van der Waals surface area contributed by atoms with Crippen LogP contribution in [0.1, 0.15) is 37.2 Å². The number of imidazole rings is 1. The molecule has 0 amide bonds. The lowest BCUT2D eigenvalue weighted by atomic mass is 10.1. The van der Waals surface area contributed by atoms with Gasteiger partial charge in [0.1, 0.15) is 0 Å². The lowest BCUT2D eigenvalue weighted by Gasteiger charge is -2.13. The normalized spacial score (nSPS) is 19.6. The van der Waals surface area contributed by atoms with Crippen molar-refractivity contribution in [3.8, 4) is 5.69 Å². The number of aromatic nitrogens is 4. The Bertz CT molecular complexity index is 533. The van der Waals surface area contributed by atoms with Crippen LogP contribution >= 0.6 is 0 Å². The third kappa shape index (κ3) is 1.84. The molecular weight excluding hydrogens is 226 g/mol. The molecule has 1 aliphatic heterocycles. The first-order valence-electron chi connectivity index (χ1n) is 6.58. The summed E-state index contributed by atoms with van der Waals surface area (Å²) < 4.78 is 4.05. The van der Waals surface area contributed by atoms with Crippen molar-refractivity contribution >= 4 is 0 Å². The summed E-state index contributed by atoms with van der Waals surface area (Å²) in [5, 5.41) is 8.03. The van der Waals surface area contributed by atoms with Gasteiger partial charge in [-0.25, -0.2) is 4.98 Å². The van der Waals surface area contributed by atoms with E-state index in [4.69, 9.17) is 0 Å². The summed E-state index contributed by atoms with van der Waals surface area (Å²) in [4.78, 5) is 4.31. The molecule has 0 spiro atoms. The van der Waals surface area contributed by atoms with Crippen LogP contribution in [-0.4, -0.2) is 25.9 Å². The van der Waals surface area contributed by atoms with Crippen molar-refractivity contribution in [1.82, 2.24) is 24.6 Å². The van der Waals surface area contributed by atoms with Gasteiger partial charge < -0.3 is 5.32 Å². The summed E-state index contributed by atoms with van der Waals surface area (Å²) >= 11 is 0. The van der Waals surface area contributed by atoms with Gasteiger partial charge in [-0.3, -0.25) is 9.25 Å². The zero-order valence-corrected chi connectivity index (χ0v) is 10.9. The van der Waals surface area contributed by atoms with Crippen LogP contribution in [0, 0.1) is 0 Å². The molecule has 0 aromatic carbocycles. The topological polar surface area (TPSA) is 47.7 Å². The van der Waals surface area contributed by atoms with E-state index in [1.165, 1.54) is 18.5 Å². The Hall–Kier alpha value is -1.62. The third-order valence-electron chi connectivity index (χ3n) is 3.56.